The van der Waals surface area contributed by atoms with Gasteiger partial charge >= 0.3 is 11.9 Å². The maximum Gasteiger partial charge on any atom is 0.364 e. The van der Waals surface area contributed by atoms with Gasteiger partial charge in [-0.15, -0.1) is 11.8 Å². The molecular weight excluding hydrogens is 1490 g/mol. The lowest BCUT2D eigenvalue weighted by molar-refractivity contribution is -0.392. The number of carboxylic acids is 2. The van der Waals surface area contributed by atoms with Crippen molar-refractivity contribution in [2.75, 3.05) is 72.1 Å². The van der Waals surface area contributed by atoms with Crippen LogP contribution >= 0.6 is 11.8 Å². The lowest BCUT2D eigenvalue weighted by atomic mass is 9.84. The summed E-state index contributed by atoms with van der Waals surface area (Å²) in [7, 11) is 1.54. The Balaban J connectivity index is 1.06. The summed E-state index contributed by atoms with van der Waals surface area (Å²) in [4.78, 5) is 90.6. The molecule has 7 saturated heterocycles. The Hall–Kier alpha value is -4.36. The Morgan fingerprint density at radius 3 is 1.65 bits per heavy atom. The van der Waals surface area contributed by atoms with Gasteiger partial charge in [-0.1, -0.05) is 20.3 Å². The van der Waals surface area contributed by atoms with Gasteiger partial charge in [-0.2, -0.15) is 0 Å². The van der Waals surface area contributed by atoms with Crippen LogP contribution in [0.1, 0.15) is 91.4 Å². The van der Waals surface area contributed by atoms with Crippen LogP contribution in [0.2, 0.25) is 0 Å². The highest BCUT2D eigenvalue weighted by atomic mass is 32.2. The van der Waals surface area contributed by atoms with E-state index in [0.29, 0.717) is 44.9 Å². The zero-order valence-corrected chi connectivity index (χ0v) is 61.1. The van der Waals surface area contributed by atoms with E-state index in [2.05, 4.69) is 16.0 Å². The second-order valence-corrected chi connectivity index (χ2v) is 29.4. The standard InChI is InChI=1S/C65H108N4O39S/c1-26-29(76)18-64(62(93)94,106-51(26)42(83)31(78)20-70)98-25-36-46(87)54(104-61-50(91)56(45(86)34(23-73)100-61)108-65(63(95)96)19-30(77)27(2)52(107-65)43(84)32(79)21-71)41(68-28(3)75)58(102-36)105-55-44(85)33(22-72)99-60(49(55)90)103-53-35(24-74)101-59(48(89)47(53)88)97-15-10-6-8-13-67-39(81)12-16-109-37-17-40(82)69(57(37)92)14-9-5-7-11-38(80)66-4/h26-27,29-37,41-56,58-61,70-74,76-79,83-91H,5-25H2,1-4H3,(H,66,80)(H,67,81)(H,68,75)(H,93,94)(H,95,96)/t26-,27+,29-,30?,31-,32-,33?,34?,35?,36?,37?,41?,42-,43-,44+,45+,46-,47-,48?,49?,50?,51?,52?,53-,54-,55+,56+,58+,59-,60+,61+,64-,65-/m1/s1. The highest BCUT2D eigenvalue weighted by Gasteiger charge is 2.62. The Morgan fingerprint density at radius 1 is 0.578 bits per heavy atom. The zero-order chi connectivity index (χ0) is 80.7. The minimum absolute atomic E-state index is 0.0231. The molecule has 109 heavy (non-hydrogen) atoms. The first-order chi connectivity index (χ1) is 51.6. The summed E-state index contributed by atoms with van der Waals surface area (Å²) in [5.74, 6) is -14.4. The smallest absolute Gasteiger partial charge is 0.364 e. The van der Waals surface area contributed by atoms with Crippen LogP contribution in [0, 0.1) is 11.8 Å². The number of carbonyl (C=O) groups excluding carboxylic acids is 5. The van der Waals surface area contributed by atoms with Crippen LogP contribution in [0.4, 0.5) is 0 Å². The third-order valence-electron chi connectivity index (χ3n) is 20.4. The van der Waals surface area contributed by atoms with Crippen LogP contribution in [0.25, 0.3) is 0 Å². The molecule has 0 aromatic heterocycles. The third kappa shape index (κ3) is 22.4. The van der Waals surface area contributed by atoms with Crippen molar-refractivity contribution in [1.82, 2.24) is 20.9 Å². The summed E-state index contributed by atoms with van der Waals surface area (Å²) >= 11 is 1.21. The molecule has 7 rings (SSSR count). The molecule has 7 aliphatic heterocycles. The van der Waals surface area contributed by atoms with Gasteiger partial charge in [0.1, 0.15) is 122 Å². The fourth-order valence-electron chi connectivity index (χ4n) is 13.8. The van der Waals surface area contributed by atoms with E-state index >= 15 is 0 Å². The van der Waals surface area contributed by atoms with E-state index in [0.717, 1.165) is 6.92 Å². The van der Waals surface area contributed by atoms with Crippen LogP contribution in [-0.4, -0.2) is 409 Å². The Morgan fingerprint density at radius 2 is 1.09 bits per heavy atom. The largest absolute Gasteiger partial charge is 0.477 e. The topological polar surface area (TPSA) is 674 Å². The van der Waals surface area contributed by atoms with Crippen LogP contribution < -0.4 is 16.0 Å². The van der Waals surface area contributed by atoms with Gasteiger partial charge in [-0.3, -0.25) is 28.9 Å². The highest BCUT2D eigenvalue weighted by Crippen LogP contribution is 2.43. The van der Waals surface area contributed by atoms with E-state index in [4.69, 9.17) is 56.8 Å². The molecule has 0 aromatic carbocycles. The van der Waals surface area contributed by atoms with E-state index in [1.807, 2.05) is 0 Å². The van der Waals surface area contributed by atoms with Crippen molar-refractivity contribution in [2.24, 2.45) is 11.8 Å². The number of hydrogen-bond donors (Lipinski definition) is 23. The maximum atomic E-state index is 13.4. The monoisotopic (exact) mass is 1600 g/mol. The number of nitrogens with one attached hydrogen (secondary N) is 3. The van der Waals surface area contributed by atoms with Crippen LogP contribution in [0.5, 0.6) is 0 Å². The molecule has 0 saturated carbocycles. The molecule has 5 amide bonds. The maximum absolute atomic E-state index is 13.4. The van der Waals surface area contributed by atoms with Gasteiger partial charge < -0.3 is 175 Å². The van der Waals surface area contributed by atoms with Crippen molar-refractivity contribution >= 4 is 53.2 Å². The van der Waals surface area contributed by atoms with Gasteiger partial charge in [0.2, 0.25) is 29.5 Å². The number of thioether (sulfide) groups is 1. The van der Waals surface area contributed by atoms with E-state index < -0.39 is 271 Å². The van der Waals surface area contributed by atoms with Crippen molar-refractivity contribution in [1.29, 1.82) is 0 Å². The number of nitrogens with zero attached hydrogens (tertiary/aromatic N) is 1. The van der Waals surface area contributed by atoms with Crippen molar-refractivity contribution in [3.05, 3.63) is 0 Å². The number of rotatable bonds is 40. The fourth-order valence-corrected chi connectivity index (χ4v) is 14.9. The van der Waals surface area contributed by atoms with E-state index in [-0.39, 0.29) is 61.9 Å². The lowest BCUT2D eigenvalue weighted by Crippen LogP contribution is -2.71. The minimum atomic E-state index is -3.18. The molecule has 7 aliphatic rings. The molecule has 23 N–H and O–H groups in total. The molecule has 0 aromatic rings. The number of carboxylic acid groups (broad SMARTS) is 2. The van der Waals surface area contributed by atoms with E-state index in [9.17, 15) is 136 Å². The number of imide groups is 1. The number of hydrogen-bond acceptors (Lipinski definition) is 38. The quantitative estimate of drug-likeness (QED) is 0.0200. The van der Waals surface area contributed by atoms with Crippen molar-refractivity contribution < 1.29 is 193 Å². The molecule has 44 heteroatoms. The molecule has 628 valence electrons. The van der Waals surface area contributed by atoms with E-state index in [1.54, 1.807) is 7.05 Å². The second-order valence-electron chi connectivity index (χ2n) is 28.1. The van der Waals surface area contributed by atoms with Gasteiger partial charge in [-0.25, -0.2) is 9.59 Å². The number of aliphatic carboxylic acids is 2. The van der Waals surface area contributed by atoms with E-state index in [1.165, 1.54) is 30.5 Å². The van der Waals surface area contributed by atoms with Crippen molar-refractivity contribution in [3.63, 3.8) is 0 Å². The predicted octanol–water partition coefficient (Wildman–Crippen LogP) is -11.1. The summed E-state index contributed by atoms with van der Waals surface area (Å²) in [5.41, 5.74) is 0. The summed E-state index contributed by atoms with van der Waals surface area (Å²) in [5, 5.41) is 228. The van der Waals surface area contributed by atoms with Crippen molar-refractivity contribution in [2.45, 2.75) is 280 Å². The molecule has 0 radical (unpaired) electrons. The number of aliphatic hydroxyl groups is 18. The molecule has 43 nitrogen and oxygen atoms in total. The normalized spacial score (nSPS) is 39.8. The van der Waals surface area contributed by atoms with Gasteiger partial charge in [0.25, 0.3) is 11.6 Å². The molecule has 7 fully saturated rings. The van der Waals surface area contributed by atoms with Gasteiger partial charge in [-0.05, 0) is 32.1 Å². The number of aliphatic hydroxyl groups excluding tert-OH is 18. The molecular formula is C65H108N4O39S. The Labute approximate surface area is 628 Å². The number of likely N-dealkylation sites (tertiary alicyclic amines) is 1. The summed E-state index contributed by atoms with van der Waals surface area (Å²) < 4.78 is 70.6. The van der Waals surface area contributed by atoms with Crippen LogP contribution in [0.15, 0.2) is 0 Å². The fraction of sp³-hybridized carbons (Fsp3) is 0.892. The molecule has 0 bridgehead atoms. The van der Waals surface area contributed by atoms with Gasteiger partial charge in [0.05, 0.1) is 69.3 Å². The molecule has 0 aliphatic carbocycles. The Bertz CT molecular complexity index is 2920. The molecule has 12 unspecified atom stereocenters. The van der Waals surface area contributed by atoms with Crippen molar-refractivity contribution in [3.8, 4) is 0 Å². The van der Waals surface area contributed by atoms with Crippen LogP contribution in [0.3, 0.4) is 0 Å². The predicted molar refractivity (Wildman–Crippen MR) is 357 cm³/mol. The lowest BCUT2D eigenvalue weighted by Gasteiger charge is -2.51. The van der Waals surface area contributed by atoms with Gasteiger partial charge in [0, 0.05) is 83.4 Å². The second kappa shape index (κ2) is 41.8. The van der Waals surface area contributed by atoms with Crippen LogP contribution in [-0.2, 0) is 90.4 Å². The number of ether oxygens (including phenoxy) is 12. The zero-order valence-electron chi connectivity index (χ0n) is 60.3. The average molecular weight is 1600 g/mol. The first-order valence-electron chi connectivity index (χ1n) is 36.0. The number of unbranched alkanes of at least 4 members (excludes halogenated alkanes) is 4. The molecule has 7 heterocycles. The Kier molecular flexibility index (Phi) is 35.2. The minimum Gasteiger partial charge on any atom is -0.477 e. The molecule has 33 atom stereocenters. The average Bonchev–Trinajstić information content (AvgIpc) is 1.31. The number of carbonyl (C=O) groups is 7. The third-order valence-corrected chi connectivity index (χ3v) is 21.6. The summed E-state index contributed by atoms with van der Waals surface area (Å²) in [6.07, 6.45) is -54.7. The summed E-state index contributed by atoms with van der Waals surface area (Å²) in [6, 6.07) is -2.10. The first-order valence-corrected chi connectivity index (χ1v) is 37.1. The SMILES string of the molecule is CNC(=O)CCCCCN1C(=O)CC(SCCC(=O)NCCCCCO[C@@H]2OC(CO)[C@@H](O[C@@H]3OC(CO)[C@H](O)[C@H](O[C@@H]4OC(CO[C@]5(C(=O)O)C[C@@H](O)[C@@H](C)C([C@H](O)[C@H](O)CO)O5)[C@@H](O)[C@H](O[C@@H]5OC(CO)[C@H](O)[C@H](O[C@@]6(C(=O)O)CC(O)[C@H](C)C([C@H](O)[C@H](O)CO)O6)C5O)C4NC(C)=O)C3O)[C@H](O)C2O)C1=O. The first kappa shape index (κ1) is 91.8. The summed E-state index contributed by atoms with van der Waals surface area (Å²) in [6.45, 7) is -2.91. The number of amides is 5. The highest BCUT2D eigenvalue weighted by molar-refractivity contribution is 8.00. The molecule has 0 spiro atoms. The van der Waals surface area contributed by atoms with Gasteiger partial charge in [0.15, 0.2) is 25.2 Å².